The molecule has 0 aliphatic carbocycles. The van der Waals surface area contributed by atoms with Crippen LogP contribution in [-0.4, -0.2) is 29.7 Å². The number of carbonyl (C=O) groups excluding carboxylic acids is 1. The molecule has 6 heteroatoms. The van der Waals surface area contributed by atoms with Crippen molar-refractivity contribution < 1.29 is 14.1 Å². The van der Waals surface area contributed by atoms with Gasteiger partial charge in [-0.25, -0.2) is 4.79 Å². The molecule has 0 fully saturated rings. The summed E-state index contributed by atoms with van der Waals surface area (Å²) in [5.41, 5.74) is 1.72. The number of nitrogens with one attached hydrogen (secondary N) is 1. The van der Waals surface area contributed by atoms with Crippen molar-refractivity contribution in [2.75, 3.05) is 19.0 Å². The predicted molar refractivity (Wildman–Crippen MR) is 72.6 cm³/mol. The lowest BCUT2D eigenvalue weighted by molar-refractivity contribution is 0.202. The highest BCUT2D eigenvalue weighted by atomic mass is 16.5. The number of benzene rings is 1. The summed E-state index contributed by atoms with van der Waals surface area (Å²) in [7, 11) is 1.61. The van der Waals surface area contributed by atoms with Gasteiger partial charge in [-0.15, -0.1) is 0 Å². The predicted octanol–water partition coefficient (Wildman–Crippen LogP) is 2.27. The summed E-state index contributed by atoms with van der Waals surface area (Å²) >= 11 is 0. The molecule has 0 saturated carbocycles. The molecular formula is C14H15N3O3. The first-order chi connectivity index (χ1) is 9.76. The molecule has 0 saturated heterocycles. The summed E-state index contributed by atoms with van der Waals surface area (Å²) < 4.78 is 10.2. The maximum atomic E-state index is 12.2. The topological polar surface area (TPSA) is 67.6 Å². The van der Waals surface area contributed by atoms with Gasteiger partial charge in [0.05, 0.1) is 19.9 Å². The van der Waals surface area contributed by atoms with E-state index >= 15 is 0 Å². The van der Waals surface area contributed by atoms with Gasteiger partial charge in [0.25, 0.3) is 0 Å². The van der Waals surface area contributed by atoms with E-state index in [1.54, 1.807) is 18.2 Å². The molecule has 2 heterocycles. The number of aromatic nitrogens is 1. The Morgan fingerprint density at radius 3 is 2.95 bits per heavy atom. The lowest BCUT2D eigenvalue weighted by Crippen LogP contribution is -2.38. The second-order valence-corrected chi connectivity index (χ2v) is 4.60. The van der Waals surface area contributed by atoms with E-state index < -0.39 is 0 Å². The molecule has 1 aromatic carbocycles. The van der Waals surface area contributed by atoms with Crippen LogP contribution in [0, 0.1) is 0 Å². The van der Waals surface area contributed by atoms with Crippen LogP contribution in [0.25, 0.3) is 0 Å². The molecule has 20 heavy (non-hydrogen) atoms. The molecule has 2 amide bonds. The monoisotopic (exact) mass is 273 g/mol. The average Bonchev–Trinajstić information content (AvgIpc) is 2.95. The van der Waals surface area contributed by atoms with E-state index in [0.717, 1.165) is 22.8 Å². The molecule has 1 aliphatic rings. The Morgan fingerprint density at radius 2 is 2.20 bits per heavy atom. The van der Waals surface area contributed by atoms with Crippen molar-refractivity contribution in [1.29, 1.82) is 0 Å². The number of rotatable bonds is 2. The van der Waals surface area contributed by atoms with Gasteiger partial charge in [0.1, 0.15) is 11.5 Å². The molecule has 0 atom stereocenters. The number of ether oxygens (including phenoxy) is 1. The Balaban J connectivity index is 1.65. The van der Waals surface area contributed by atoms with E-state index in [2.05, 4.69) is 10.5 Å². The Labute approximate surface area is 116 Å². The molecule has 2 aromatic rings. The van der Waals surface area contributed by atoms with Gasteiger partial charge >= 0.3 is 6.03 Å². The summed E-state index contributed by atoms with van der Waals surface area (Å²) in [5.74, 6) is 1.63. The van der Waals surface area contributed by atoms with Crippen molar-refractivity contribution in [2.24, 2.45) is 0 Å². The van der Waals surface area contributed by atoms with Crippen LogP contribution >= 0.6 is 0 Å². The molecular weight excluding hydrogens is 258 g/mol. The summed E-state index contributed by atoms with van der Waals surface area (Å²) in [4.78, 5) is 13.9. The summed E-state index contributed by atoms with van der Waals surface area (Å²) in [6, 6.07) is 7.12. The maximum Gasteiger partial charge on any atom is 0.322 e. The normalized spacial score (nSPS) is 13.8. The number of nitrogens with zero attached hydrogens (tertiary/aromatic N) is 2. The number of amides is 2. The van der Waals surface area contributed by atoms with Gasteiger partial charge in [-0.3, -0.25) is 0 Å². The van der Waals surface area contributed by atoms with Crippen LogP contribution in [0.15, 0.2) is 35.0 Å². The van der Waals surface area contributed by atoms with Gasteiger partial charge in [-0.1, -0.05) is 5.16 Å². The fraction of sp³-hybridized carbons (Fsp3) is 0.286. The molecule has 1 aromatic heterocycles. The van der Waals surface area contributed by atoms with Crippen LogP contribution in [0.4, 0.5) is 10.5 Å². The van der Waals surface area contributed by atoms with Crippen molar-refractivity contribution in [2.45, 2.75) is 13.0 Å². The highest BCUT2D eigenvalue weighted by Crippen LogP contribution is 2.20. The molecule has 0 bridgehead atoms. The zero-order chi connectivity index (χ0) is 13.9. The van der Waals surface area contributed by atoms with Gasteiger partial charge in [-0.05, 0) is 24.3 Å². The first-order valence-electron chi connectivity index (χ1n) is 6.38. The summed E-state index contributed by atoms with van der Waals surface area (Å²) in [6.45, 7) is 1.16. The third-order valence-corrected chi connectivity index (χ3v) is 3.33. The summed E-state index contributed by atoms with van der Waals surface area (Å²) in [6.07, 6.45) is 2.37. The van der Waals surface area contributed by atoms with E-state index in [4.69, 9.17) is 9.26 Å². The Kier molecular flexibility index (Phi) is 3.28. The van der Waals surface area contributed by atoms with E-state index in [9.17, 15) is 4.79 Å². The number of hydrogen-bond acceptors (Lipinski definition) is 4. The lowest BCUT2D eigenvalue weighted by atomic mass is 10.1. The standard InChI is InChI=1S/C14H15N3O3/c1-19-12-4-2-11(3-5-12)16-14(18)17-7-6-13-10(9-17)8-15-20-13/h2-5,8H,6-7,9H2,1H3,(H,16,18). The molecule has 3 rings (SSSR count). The molecule has 0 radical (unpaired) electrons. The SMILES string of the molecule is COc1ccc(NC(=O)N2CCc3oncc3C2)cc1. The van der Waals surface area contributed by atoms with Crippen LogP contribution in [0.2, 0.25) is 0 Å². The highest BCUT2D eigenvalue weighted by Gasteiger charge is 2.23. The zero-order valence-electron chi connectivity index (χ0n) is 11.1. The van der Waals surface area contributed by atoms with Crippen LogP contribution in [0.3, 0.4) is 0 Å². The molecule has 6 nitrogen and oxygen atoms in total. The number of fused-ring (bicyclic) bond motifs is 1. The Morgan fingerprint density at radius 1 is 1.40 bits per heavy atom. The van der Waals surface area contributed by atoms with Crippen molar-refractivity contribution >= 4 is 11.7 Å². The third kappa shape index (κ3) is 2.45. The minimum Gasteiger partial charge on any atom is -0.497 e. The number of hydrogen-bond donors (Lipinski definition) is 1. The number of methoxy groups -OCH3 is 1. The van der Waals surface area contributed by atoms with Crippen LogP contribution < -0.4 is 10.1 Å². The lowest BCUT2D eigenvalue weighted by Gasteiger charge is -2.25. The molecule has 1 aliphatic heterocycles. The average molecular weight is 273 g/mol. The largest absolute Gasteiger partial charge is 0.497 e. The Hall–Kier alpha value is -2.50. The fourth-order valence-corrected chi connectivity index (χ4v) is 2.19. The van der Waals surface area contributed by atoms with Gasteiger partial charge in [0, 0.05) is 24.2 Å². The van der Waals surface area contributed by atoms with Crippen LogP contribution in [-0.2, 0) is 13.0 Å². The molecule has 104 valence electrons. The molecule has 1 N–H and O–H groups in total. The number of urea groups is 1. The van der Waals surface area contributed by atoms with E-state index in [-0.39, 0.29) is 6.03 Å². The highest BCUT2D eigenvalue weighted by molar-refractivity contribution is 5.89. The number of carbonyl (C=O) groups is 1. The minimum atomic E-state index is -0.123. The maximum absolute atomic E-state index is 12.2. The smallest absolute Gasteiger partial charge is 0.322 e. The quantitative estimate of drug-likeness (QED) is 0.911. The van der Waals surface area contributed by atoms with Crippen LogP contribution in [0.5, 0.6) is 5.75 Å². The minimum absolute atomic E-state index is 0.123. The third-order valence-electron chi connectivity index (χ3n) is 3.33. The van der Waals surface area contributed by atoms with Gasteiger partial charge in [0.15, 0.2) is 0 Å². The number of anilines is 1. The van der Waals surface area contributed by atoms with Gasteiger partial charge in [-0.2, -0.15) is 0 Å². The van der Waals surface area contributed by atoms with Crippen molar-refractivity contribution in [3.05, 3.63) is 41.8 Å². The Bertz CT molecular complexity index is 606. The van der Waals surface area contributed by atoms with Crippen molar-refractivity contribution in [3.8, 4) is 5.75 Å². The van der Waals surface area contributed by atoms with Gasteiger partial charge in [0.2, 0.25) is 0 Å². The van der Waals surface area contributed by atoms with E-state index in [1.165, 1.54) is 0 Å². The van der Waals surface area contributed by atoms with Gasteiger partial charge < -0.3 is 19.5 Å². The van der Waals surface area contributed by atoms with Crippen LogP contribution in [0.1, 0.15) is 11.3 Å². The van der Waals surface area contributed by atoms with E-state index in [1.807, 2.05) is 24.3 Å². The molecule has 0 unspecified atom stereocenters. The molecule has 0 spiro atoms. The first kappa shape index (κ1) is 12.5. The second-order valence-electron chi connectivity index (χ2n) is 4.60. The van der Waals surface area contributed by atoms with E-state index in [0.29, 0.717) is 19.5 Å². The first-order valence-corrected chi connectivity index (χ1v) is 6.38. The summed E-state index contributed by atoms with van der Waals surface area (Å²) in [5, 5.41) is 6.62. The fourth-order valence-electron chi connectivity index (χ4n) is 2.19. The zero-order valence-corrected chi connectivity index (χ0v) is 11.1. The van der Waals surface area contributed by atoms with Crippen molar-refractivity contribution in [1.82, 2.24) is 10.1 Å². The van der Waals surface area contributed by atoms with Crippen molar-refractivity contribution in [3.63, 3.8) is 0 Å². The second kappa shape index (κ2) is 5.24.